The van der Waals surface area contributed by atoms with Gasteiger partial charge in [0, 0.05) is 12.7 Å². The lowest BCUT2D eigenvalue weighted by Gasteiger charge is -1.91. The van der Waals surface area contributed by atoms with Gasteiger partial charge in [0.2, 0.25) is 0 Å². The fourth-order valence-electron chi connectivity index (χ4n) is 0.461. The maximum atomic E-state index is 6.99. The molecule has 0 fully saturated rings. The highest BCUT2D eigenvalue weighted by molar-refractivity contribution is 4.72. The van der Waals surface area contributed by atoms with Gasteiger partial charge in [-0.15, -0.1) is 0 Å². The molecule has 7 heavy (non-hydrogen) atoms. The maximum Gasteiger partial charge on any atom is 0.105 e. The minimum absolute atomic E-state index is 0.238. The second kappa shape index (κ2) is 2.50. The first-order valence-electron chi connectivity index (χ1n) is 2.92. The average Bonchev–Trinajstić information content (AvgIpc) is 1.94. The highest BCUT2D eigenvalue weighted by atomic mass is 16.5. The van der Waals surface area contributed by atoms with Gasteiger partial charge in [-0.1, -0.05) is 0 Å². The molecule has 0 unspecified atom stereocenters. The van der Waals surface area contributed by atoms with Gasteiger partial charge in [-0.3, -0.25) is 0 Å². The van der Waals surface area contributed by atoms with E-state index in [1.54, 1.807) is 6.20 Å². The van der Waals surface area contributed by atoms with Crippen molar-refractivity contribution < 1.29 is 6.11 Å². The monoisotopic (exact) mass is 100 g/mol. The zero-order chi connectivity index (χ0) is 5.82. The summed E-state index contributed by atoms with van der Waals surface area (Å²) in [5.41, 5.74) is 0. The predicted molar refractivity (Wildman–Crippen MR) is 27.7 cm³/mol. The Balaban J connectivity index is 2.36. The molecule has 0 saturated heterocycles. The molecule has 1 rings (SSSR count). The van der Waals surface area contributed by atoms with Gasteiger partial charge >= 0.3 is 0 Å². The molecule has 1 aliphatic rings. The van der Waals surface area contributed by atoms with Gasteiger partial charge in [0.25, 0.3) is 0 Å². The topological polar surface area (TPSA) is 21.3 Å². The number of nitrogens with one attached hydrogen (secondary N) is 1. The molecule has 1 N–H and O–H groups in total. The Labute approximate surface area is 44.6 Å². The Bertz CT molecular complexity index is 103. The van der Waals surface area contributed by atoms with Crippen molar-refractivity contribution in [3.8, 4) is 0 Å². The first-order chi connectivity index (χ1) is 3.89. The molecule has 0 saturated carbocycles. The van der Waals surface area contributed by atoms with Gasteiger partial charge in [-0.2, -0.15) is 0 Å². The summed E-state index contributed by atoms with van der Waals surface area (Å²) >= 11 is 0. The van der Waals surface area contributed by atoms with Crippen molar-refractivity contribution >= 4 is 0 Å². The molecule has 0 amide bonds. The molecular weight excluding hydrogens is 90.1 g/mol. The fraction of sp³-hybridized carbons (Fsp3) is 0.600. The molecule has 40 valence electrons. The zero-order valence-corrected chi connectivity index (χ0v) is 4.11. The van der Waals surface area contributed by atoms with Crippen LogP contribution in [0.2, 0.25) is 0 Å². The van der Waals surface area contributed by atoms with E-state index in [-0.39, 0.29) is 6.24 Å². The summed E-state index contributed by atoms with van der Waals surface area (Å²) in [6.45, 7) is 1.59. The molecule has 2 heteroatoms. The Morgan fingerprint density at radius 3 is 3.86 bits per heavy atom. The Kier molecular flexibility index (Phi) is 1.20. The molecule has 0 bridgehead atoms. The van der Waals surface area contributed by atoms with Gasteiger partial charge in [-0.05, 0) is 6.42 Å². The molecule has 0 aromatic rings. The van der Waals surface area contributed by atoms with Crippen molar-refractivity contribution in [2.24, 2.45) is 0 Å². The maximum absolute atomic E-state index is 6.99. The van der Waals surface area contributed by atoms with Crippen LogP contribution in [0.5, 0.6) is 0 Å². The first kappa shape index (κ1) is 3.36. The lowest BCUT2D eigenvalue weighted by Crippen LogP contribution is -2.04. The zero-order valence-electron chi connectivity index (χ0n) is 5.11. The first-order valence-corrected chi connectivity index (χ1v) is 2.42. The van der Waals surface area contributed by atoms with E-state index in [4.69, 9.17) is 6.11 Å². The van der Waals surface area contributed by atoms with Crippen LogP contribution in [0, 0.1) is 0 Å². The number of ether oxygens (including phenoxy) is 1. The van der Waals surface area contributed by atoms with Crippen molar-refractivity contribution in [2.45, 2.75) is 6.42 Å². The lowest BCUT2D eigenvalue weighted by atomic mass is 10.5. The van der Waals surface area contributed by atoms with E-state index in [1.165, 1.54) is 0 Å². The van der Waals surface area contributed by atoms with Crippen LogP contribution in [-0.2, 0) is 4.74 Å². The lowest BCUT2D eigenvalue weighted by molar-refractivity contribution is 0.252. The third-order valence-corrected chi connectivity index (χ3v) is 0.812. The Hall–Kier alpha value is -0.660. The summed E-state index contributed by atoms with van der Waals surface area (Å²) in [5, 5.41) is 2.92. The van der Waals surface area contributed by atoms with Gasteiger partial charge < -0.3 is 10.1 Å². The SMILES string of the molecule is [2H]C1=CNCCCO1. The molecule has 2 nitrogen and oxygen atoms in total. The summed E-state index contributed by atoms with van der Waals surface area (Å²) in [6, 6.07) is 0. The van der Waals surface area contributed by atoms with Crippen LogP contribution in [0.4, 0.5) is 0 Å². The molecule has 0 aliphatic carbocycles. The largest absolute Gasteiger partial charge is 0.500 e. The molecule has 1 aliphatic heterocycles. The van der Waals surface area contributed by atoms with E-state index >= 15 is 0 Å². The van der Waals surface area contributed by atoms with Gasteiger partial charge in [0.15, 0.2) is 0 Å². The van der Waals surface area contributed by atoms with Gasteiger partial charge in [-0.25, -0.2) is 0 Å². The minimum atomic E-state index is 0.238. The van der Waals surface area contributed by atoms with Crippen LogP contribution in [0.1, 0.15) is 7.79 Å². The molecule has 0 aromatic carbocycles. The van der Waals surface area contributed by atoms with Crippen LogP contribution in [0.25, 0.3) is 0 Å². The van der Waals surface area contributed by atoms with Crippen molar-refractivity contribution in [1.82, 2.24) is 5.32 Å². The van der Waals surface area contributed by atoms with Crippen LogP contribution in [0.15, 0.2) is 12.4 Å². The number of hydrogen-bond donors (Lipinski definition) is 1. The van der Waals surface area contributed by atoms with E-state index in [2.05, 4.69) is 5.32 Å². The van der Waals surface area contributed by atoms with Crippen molar-refractivity contribution in [2.75, 3.05) is 13.2 Å². The third-order valence-electron chi connectivity index (χ3n) is 0.812. The van der Waals surface area contributed by atoms with Crippen molar-refractivity contribution in [3.63, 3.8) is 0 Å². The molecule has 0 radical (unpaired) electrons. The summed E-state index contributed by atoms with van der Waals surface area (Å²) in [7, 11) is 0. The van der Waals surface area contributed by atoms with Crippen LogP contribution < -0.4 is 5.32 Å². The Morgan fingerprint density at radius 2 is 2.86 bits per heavy atom. The summed E-state index contributed by atoms with van der Waals surface area (Å²) in [4.78, 5) is 0. The summed E-state index contributed by atoms with van der Waals surface area (Å²) < 4.78 is 11.9. The van der Waals surface area contributed by atoms with E-state index in [0.29, 0.717) is 6.61 Å². The van der Waals surface area contributed by atoms with E-state index in [9.17, 15) is 0 Å². The van der Waals surface area contributed by atoms with E-state index in [0.717, 1.165) is 13.0 Å². The average molecular weight is 100 g/mol. The van der Waals surface area contributed by atoms with Crippen LogP contribution in [0.3, 0.4) is 0 Å². The molecule has 0 spiro atoms. The molecular formula is C5H9NO. The normalized spacial score (nSPS) is 22.9. The van der Waals surface area contributed by atoms with Gasteiger partial charge in [0.05, 0.1) is 12.8 Å². The second-order valence-corrected chi connectivity index (χ2v) is 1.42. The fourth-order valence-corrected chi connectivity index (χ4v) is 0.461. The van der Waals surface area contributed by atoms with Crippen LogP contribution >= 0.6 is 0 Å². The number of rotatable bonds is 0. The summed E-state index contributed by atoms with van der Waals surface area (Å²) in [5.74, 6) is 0. The smallest absolute Gasteiger partial charge is 0.105 e. The minimum Gasteiger partial charge on any atom is -0.500 e. The van der Waals surface area contributed by atoms with Crippen molar-refractivity contribution in [1.29, 1.82) is 0 Å². The summed E-state index contributed by atoms with van der Waals surface area (Å²) in [6.07, 6.45) is 2.80. The second-order valence-electron chi connectivity index (χ2n) is 1.42. The highest BCUT2D eigenvalue weighted by Crippen LogP contribution is 1.85. The van der Waals surface area contributed by atoms with Crippen molar-refractivity contribution in [3.05, 3.63) is 12.4 Å². The standard InChI is InChI=1S/C5H9NO/c1-2-6-3-5-7-4-1/h3,5-6H,1-2,4H2/i5D. The molecule has 0 atom stereocenters. The van der Waals surface area contributed by atoms with Crippen LogP contribution in [-0.4, -0.2) is 13.2 Å². The quantitative estimate of drug-likeness (QED) is 0.477. The predicted octanol–water partition coefficient (Wildman–Crippen LogP) is 0.467. The molecule has 0 aromatic heterocycles. The number of hydrogen-bond acceptors (Lipinski definition) is 2. The van der Waals surface area contributed by atoms with Gasteiger partial charge in [0.1, 0.15) is 1.37 Å². The van der Waals surface area contributed by atoms with E-state index < -0.39 is 0 Å². The Morgan fingerprint density at radius 1 is 1.86 bits per heavy atom. The highest BCUT2D eigenvalue weighted by Gasteiger charge is 1.86. The third kappa shape index (κ3) is 1.48. The molecule has 1 heterocycles. The van der Waals surface area contributed by atoms with E-state index in [1.807, 2.05) is 0 Å².